The maximum absolute atomic E-state index is 11.7. The molecule has 0 aliphatic carbocycles. The molecule has 10 heteroatoms. The first kappa shape index (κ1) is 16.6. The van der Waals surface area contributed by atoms with Gasteiger partial charge in [-0.25, -0.2) is 9.59 Å². The van der Waals surface area contributed by atoms with Gasteiger partial charge in [-0.1, -0.05) is 13.2 Å². The van der Waals surface area contributed by atoms with Gasteiger partial charge in [0.2, 0.25) is 0 Å². The molecule has 2 atom stereocenters. The Morgan fingerprint density at radius 3 is 1.96 bits per heavy atom. The molecule has 23 heavy (non-hydrogen) atoms. The lowest BCUT2D eigenvalue weighted by Gasteiger charge is -2.38. The minimum Gasteiger partial charge on any atom is -0.458 e. The number of esters is 4. The zero-order valence-corrected chi connectivity index (χ0v) is 11.7. The van der Waals surface area contributed by atoms with E-state index < -0.39 is 60.7 Å². The number of carbonyl (C=O) groups excluding carboxylic acids is 4. The van der Waals surface area contributed by atoms with Crippen LogP contribution in [0.3, 0.4) is 0 Å². The molecule has 0 radical (unpaired) electrons. The number of hydrogen-bond acceptors (Lipinski definition) is 10. The van der Waals surface area contributed by atoms with Crippen molar-refractivity contribution in [3.63, 3.8) is 0 Å². The third-order valence-electron chi connectivity index (χ3n) is 2.96. The van der Waals surface area contributed by atoms with Gasteiger partial charge in [-0.15, -0.1) is 0 Å². The van der Waals surface area contributed by atoms with Gasteiger partial charge >= 0.3 is 35.6 Å². The second kappa shape index (κ2) is 5.48. The average molecular weight is 328 g/mol. The van der Waals surface area contributed by atoms with Gasteiger partial charge in [-0.05, 0) is 0 Å². The molecule has 2 aliphatic rings. The van der Waals surface area contributed by atoms with Crippen molar-refractivity contribution in [3.8, 4) is 0 Å². The minimum absolute atomic E-state index is 0.367. The second-order valence-electron chi connectivity index (χ2n) is 4.84. The maximum Gasteiger partial charge on any atom is 0.447 e. The zero-order valence-electron chi connectivity index (χ0n) is 11.7. The van der Waals surface area contributed by atoms with Crippen LogP contribution in [0, 0.1) is 0 Å². The van der Waals surface area contributed by atoms with Crippen LogP contribution in [0.4, 0.5) is 0 Å². The summed E-state index contributed by atoms with van der Waals surface area (Å²) in [5, 5.41) is 20.5. The van der Waals surface area contributed by atoms with Crippen LogP contribution < -0.4 is 0 Å². The Hall–Kier alpha value is -2.72. The van der Waals surface area contributed by atoms with Gasteiger partial charge in [0.25, 0.3) is 0 Å². The number of rotatable bonds is 1. The highest BCUT2D eigenvalue weighted by molar-refractivity contribution is 5.95. The number of cyclic esters (lactones) is 4. The van der Waals surface area contributed by atoms with Crippen LogP contribution in [0.2, 0.25) is 0 Å². The summed E-state index contributed by atoms with van der Waals surface area (Å²) in [5.41, 5.74) is -0.763. The summed E-state index contributed by atoms with van der Waals surface area (Å²) in [7, 11) is 0. The molecule has 0 bridgehead atoms. The van der Waals surface area contributed by atoms with Gasteiger partial charge in [-0.2, -0.15) is 0 Å². The summed E-state index contributed by atoms with van der Waals surface area (Å²) in [6.07, 6.45) is -1.14. The molecule has 2 heterocycles. The van der Waals surface area contributed by atoms with E-state index in [1.54, 1.807) is 0 Å². The van der Waals surface area contributed by atoms with E-state index in [2.05, 4.69) is 32.1 Å². The van der Waals surface area contributed by atoms with Gasteiger partial charge in [0.15, 0.2) is 6.61 Å². The van der Waals surface area contributed by atoms with Crippen LogP contribution in [0.5, 0.6) is 0 Å². The van der Waals surface area contributed by atoms with E-state index in [1.807, 2.05) is 0 Å². The molecule has 2 saturated heterocycles. The molecule has 0 saturated carbocycles. The summed E-state index contributed by atoms with van der Waals surface area (Å²) in [6.45, 7) is 5.32. The van der Waals surface area contributed by atoms with Crippen molar-refractivity contribution in [2.45, 2.75) is 24.6 Å². The molecule has 124 valence electrons. The largest absolute Gasteiger partial charge is 0.458 e. The van der Waals surface area contributed by atoms with E-state index >= 15 is 0 Å². The maximum atomic E-state index is 11.7. The summed E-state index contributed by atoms with van der Waals surface area (Å²) in [4.78, 5) is 46.3. The molecular formula is C13H12O10. The van der Waals surface area contributed by atoms with Crippen LogP contribution in [-0.2, 0) is 38.1 Å². The zero-order chi connectivity index (χ0) is 17.4. The molecule has 2 fully saturated rings. The lowest BCUT2D eigenvalue weighted by Crippen LogP contribution is -2.64. The number of ether oxygens (including phenoxy) is 4. The number of aliphatic hydroxyl groups is 2. The van der Waals surface area contributed by atoms with Crippen molar-refractivity contribution in [2.24, 2.45) is 0 Å². The fraction of sp³-hybridized carbons (Fsp3) is 0.385. The molecule has 2 unspecified atom stereocenters. The fourth-order valence-corrected chi connectivity index (χ4v) is 1.70. The first-order chi connectivity index (χ1) is 10.6. The van der Waals surface area contributed by atoms with Crippen molar-refractivity contribution in [3.05, 3.63) is 24.3 Å². The second-order valence-corrected chi connectivity index (χ2v) is 4.84. The Kier molecular flexibility index (Phi) is 3.97. The van der Waals surface area contributed by atoms with Gasteiger partial charge < -0.3 is 29.2 Å². The predicted molar refractivity (Wildman–Crippen MR) is 66.6 cm³/mol. The summed E-state index contributed by atoms with van der Waals surface area (Å²) < 4.78 is 18.1. The standard InChI is InChI=1S/C13H12O10/c1-6-3-8(14)20-5-12(18,22-10(6)16)13(19)21-9(15)4-7(2)11(17)23-13/h18-19H,1-5H2. The number of hydrogen-bond donors (Lipinski definition) is 2. The first-order valence-corrected chi connectivity index (χ1v) is 6.21. The molecular weight excluding hydrogens is 316 g/mol. The molecule has 0 spiro atoms. The molecule has 2 rings (SSSR count). The third kappa shape index (κ3) is 3.07. The first-order valence-electron chi connectivity index (χ1n) is 6.21. The molecule has 0 aromatic rings. The third-order valence-corrected chi connectivity index (χ3v) is 2.96. The van der Waals surface area contributed by atoms with E-state index in [9.17, 15) is 29.4 Å². The monoisotopic (exact) mass is 328 g/mol. The Labute approximate surface area is 128 Å². The van der Waals surface area contributed by atoms with Gasteiger partial charge in [0.1, 0.15) is 0 Å². The summed E-state index contributed by atoms with van der Waals surface area (Å²) in [5.74, 6) is -11.4. The molecule has 2 aliphatic heterocycles. The van der Waals surface area contributed by atoms with Crippen LogP contribution in [0.25, 0.3) is 0 Å². The Balaban J connectivity index is 2.41. The fourth-order valence-electron chi connectivity index (χ4n) is 1.70. The molecule has 2 N–H and O–H groups in total. The average Bonchev–Trinajstić information content (AvgIpc) is 2.52. The lowest BCUT2D eigenvalue weighted by atomic mass is 10.1. The van der Waals surface area contributed by atoms with Gasteiger partial charge in [0.05, 0.1) is 12.8 Å². The topological polar surface area (TPSA) is 146 Å². The highest BCUT2D eigenvalue weighted by Gasteiger charge is 2.64. The van der Waals surface area contributed by atoms with Crippen molar-refractivity contribution in [2.75, 3.05) is 6.61 Å². The van der Waals surface area contributed by atoms with Crippen molar-refractivity contribution < 1.29 is 48.3 Å². The van der Waals surface area contributed by atoms with E-state index in [1.165, 1.54) is 0 Å². The van der Waals surface area contributed by atoms with E-state index in [0.717, 1.165) is 0 Å². The predicted octanol–water partition coefficient (Wildman–Crippen LogP) is -1.59. The van der Waals surface area contributed by atoms with Gasteiger partial charge in [0, 0.05) is 11.1 Å². The molecule has 10 nitrogen and oxygen atoms in total. The van der Waals surface area contributed by atoms with Crippen LogP contribution in [0.1, 0.15) is 12.8 Å². The van der Waals surface area contributed by atoms with Crippen LogP contribution in [-0.4, -0.2) is 52.5 Å². The van der Waals surface area contributed by atoms with Crippen molar-refractivity contribution in [1.82, 2.24) is 0 Å². The van der Waals surface area contributed by atoms with E-state index in [4.69, 9.17) is 0 Å². The number of carbonyl (C=O) groups is 4. The summed E-state index contributed by atoms with van der Waals surface area (Å²) >= 11 is 0. The smallest absolute Gasteiger partial charge is 0.447 e. The normalized spacial score (nSPS) is 32.8. The molecule has 0 amide bonds. The molecule has 0 aromatic carbocycles. The van der Waals surface area contributed by atoms with E-state index in [-0.39, 0.29) is 5.57 Å². The van der Waals surface area contributed by atoms with Crippen molar-refractivity contribution in [1.29, 1.82) is 0 Å². The lowest BCUT2D eigenvalue weighted by molar-refractivity contribution is -0.445. The quantitative estimate of drug-likeness (QED) is 0.328. The highest BCUT2D eigenvalue weighted by atomic mass is 16.9. The SMILES string of the molecule is C=C1CC(=O)OCC(O)(C2(O)OC(=O)CC(=C)C(=O)O2)OC1=O. The molecule has 0 aromatic heterocycles. The van der Waals surface area contributed by atoms with Crippen LogP contribution in [0.15, 0.2) is 24.3 Å². The Morgan fingerprint density at radius 2 is 1.35 bits per heavy atom. The Morgan fingerprint density at radius 1 is 0.826 bits per heavy atom. The van der Waals surface area contributed by atoms with Gasteiger partial charge in [-0.3, -0.25) is 9.59 Å². The minimum atomic E-state index is -3.44. The van der Waals surface area contributed by atoms with E-state index in [0.29, 0.717) is 0 Å². The van der Waals surface area contributed by atoms with Crippen LogP contribution >= 0.6 is 0 Å². The summed E-state index contributed by atoms with van der Waals surface area (Å²) in [6, 6.07) is 0. The Bertz CT molecular complexity index is 635. The van der Waals surface area contributed by atoms with Crippen molar-refractivity contribution >= 4 is 23.9 Å². The highest BCUT2D eigenvalue weighted by Crippen LogP contribution is 2.33.